The summed E-state index contributed by atoms with van der Waals surface area (Å²) in [6, 6.07) is 0.0994. The lowest BCUT2D eigenvalue weighted by Gasteiger charge is -2.40. The molecule has 0 radical (unpaired) electrons. The fourth-order valence-corrected chi connectivity index (χ4v) is 4.72. The first-order chi connectivity index (χ1) is 14.2. The third kappa shape index (κ3) is 4.85. The highest BCUT2D eigenvalue weighted by atomic mass is 16.5. The van der Waals surface area contributed by atoms with Gasteiger partial charge in [-0.2, -0.15) is 0 Å². The van der Waals surface area contributed by atoms with Crippen molar-refractivity contribution in [1.29, 1.82) is 0 Å². The number of hydrogen-bond donors (Lipinski definition) is 1. The third-order valence-corrected chi connectivity index (χ3v) is 6.24. The molecule has 3 aliphatic rings. The molecule has 170 valence electrons. The fourth-order valence-electron chi connectivity index (χ4n) is 4.72. The van der Waals surface area contributed by atoms with Crippen LogP contribution in [0.2, 0.25) is 0 Å². The Morgan fingerprint density at radius 3 is 2.33 bits per heavy atom. The van der Waals surface area contributed by atoms with E-state index in [2.05, 4.69) is 38.2 Å². The molecule has 1 N–H and O–H groups in total. The second-order valence-corrected chi connectivity index (χ2v) is 8.99. The monoisotopic (exact) mass is 419 g/mol. The number of allylic oxidation sites excluding steroid dienone is 3. The van der Waals surface area contributed by atoms with Crippen LogP contribution in [0.5, 0.6) is 0 Å². The van der Waals surface area contributed by atoms with Crippen LogP contribution in [0.25, 0.3) is 0 Å². The summed E-state index contributed by atoms with van der Waals surface area (Å²) in [7, 11) is 5.34. The molecule has 0 bridgehead atoms. The molecule has 2 amide bonds. The minimum atomic E-state index is -0.224. The van der Waals surface area contributed by atoms with E-state index in [1.165, 1.54) is 0 Å². The number of carbonyl (C=O) groups is 1. The molecule has 6 nitrogen and oxygen atoms in total. The Kier molecular flexibility index (Phi) is 8.03. The normalized spacial score (nSPS) is 31.0. The van der Waals surface area contributed by atoms with Crippen molar-refractivity contribution in [2.45, 2.75) is 59.4 Å². The molecule has 30 heavy (non-hydrogen) atoms. The Hall–Kier alpha value is -1.95. The van der Waals surface area contributed by atoms with Crippen molar-refractivity contribution in [2.75, 3.05) is 40.9 Å². The Morgan fingerprint density at radius 1 is 1.13 bits per heavy atom. The number of likely N-dealkylation sites (N-methyl/N-ethyl adjacent to an activating group) is 1. The van der Waals surface area contributed by atoms with Crippen LogP contribution in [0.4, 0.5) is 4.79 Å². The average Bonchev–Trinajstić information content (AvgIpc) is 2.89. The minimum Gasteiger partial charge on any atom is -0.501 e. The van der Waals surface area contributed by atoms with Gasteiger partial charge in [-0.15, -0.1) is 0 Å². The van der Waals surface area contributed by atoms with Crippen LogP contribution >= 0.6 is 0 Å². The lowest BCUT2D eigenvalue weighted by atomic mass is 9.79. The van der Waals surface area contributed by atoms with Gasteiger partial charge in [0, 0.05) is 31.8 Å². The molecule has 0 aromatic rings. The fraction of sp³-hybridized carbons (Fsp3) is 0.708. The summed E-state index contributed by atoms with van der Waals surface area (Å²) in [5, 5.41) is 3.45. The van der Waals surface area contributed by atoms with Crippen molar-refractivity contribution in [1.82, 2.24) is 15.1 Å². The molecule has 0 saturated carbocycles. The van der Waals surface area contributed by atoms with Crippen molar-refractivity contribution >= 4 is 6.03 Å². The van der Waals surface area contributed by atoms with E-state index < -0.39 is 0 Å². The number of urea groups is 1. The number of hydrogen-bond acceptors (Lipinski definition) is 4. The number of methoxy groups -OCH3 is 2. The van der Waals surface area contributed by atoms with Crippen LogP contribution in [0.1, 0.15) is 53.9 Å². The van der Waals surface area contributed by atoms with Gasteiger partial charge in [-0.1, -0.05) is 40.7 Å². The summed E-state index contributed by atoms with van der Waals surface area (Å²) in [6.45, 7) is 13.0. The van der Waals surface area contributed by atoms with Crippen molar-refractivity contribution in [3.05, 3.63) is 35.4 Å². The molecule has 1 unspecified atom stereocenters. The first-order valence-electron chi connectivity index (χ1n) is 11.2. The number of amides is 2. The van der Waals surface area contributed by atoms with Crippen LogP contribution in [-0.4, -0.2) is 62.3 Å². The first kappa shape index (κ1) is 24.3. The number of nitrogens with one attached hydrogen (secondary N) is 1. The SMILES string of the molecule is CC.COC1=C/C(C)CN2C(=O)N(C)C3(CCNCC3)/C2=C/C(C)(C)C/C(OC)=C\1. The van der Waals surface area contributed by atoms with Gasteiger partial charge in [0.15, 0.2) is 0 Å². The molecule has 2 saturated heterocycles. The Bertz CT molecular complexity index is 702. The summed E-state index contributed by atoms with van der Waals surface area (Å²) >= 11 is 0. The number of nitrogens with zero attached hydrogens (tertiary/aromatic N) is 2. The molecule has 3 heterocycles. The van der Waals surface area contributed by atoms with E-state index in [0.29, 0.717) is 6.54 Å². The molecule has 1 spiro atoms. The number of carbonyl (C=O) groups excluding carboxylic acids is 1. The predicted molar refractivity (Wildman–Crippen MR) is 122 cm³/mol. The van der Waals surface area contributed by atoms with Gasteiger partial charge in [-0.3, -0.25) is 4.90 Å². The van der Waals surface area contributed by atoms with Gasteiger partial charge in [-0.25, -0.2) is 4.79 Å². The molecule has 2 fully saturated rings. The molecule has 1 atom stereocenters. The first-order valence-corrected chi connectivity index (χ1v) is 11.2. The summed E-state index contributed by atoms with van der Waals surface area (Å²) in [6.07, 6.45) is 8.98. The minimum absolute atomic E-state index is 0.0994. The number of ether oxygens (including phenoxy) is 2. The van der Waals surface area contributed by atoms with Gasteiger partial charge in [0.25, 0.3) is 0 Å². The second-order valence-electron chi connectivity index (χ2n) is 8.99. The maximum Gasteiger partial charge on any atom is 0.324 e. The summed E-state index contributed by atoms with van der Waals surface area (Å²) < 4.78 is 11.2. The van der Waals surface area contributed by atoms with Crippen LogP contribution < -0.4 is 5.32 Å². The smallest absolute Gasteiger partial charge is 0.324 e. The molecule has 6 heteroatoms. The molecular formula is C24H41N3O3. The zero-order chi connectivity index (χ0) is 22.5. The largest absolute Gasteiger partial charge is 0.501 e. The van der Waals surface area contributed by atoms with Gasteiger partial charge in [0.1, 0.15) is 11.5 Å². The lowest BCUT2D eigenvalue weighted by Crippen LogP contribution is -2.51. The van der Waals surface area contributed by atoms with E-state index >= 15 is 0 Å². The molecule has 0 aliphatic carbocycles. The molecule has 3 aliphatic heterocycles. The van der Waals surface area contributed by atoms with Gasteiger partial charge in [0.2, 0.25) is 0 Å². The number of rotatable bonds is 2. The number of fused-ring (bicyclic) bond motifs is 2. The zero-order valence-corrected chi connectivity index (χ0v) is 20.2. The molecule has 0 aromatic heterocycles. The highest BCUT2D eigenvalue weighted by molar-refractivity contribution is 5.82. The second kappa shape index (κ2) is 9.90. The summed E-state index contributed by atoms with van der Waals surface area (Å²) in [5.41, 5.74) is 0.770. The Balaban J connectivity index is 0.00000155. The Morgan fingerprint density at radius 2 is 1.77 bits per heavy atom. The van der Waals surface area contributed by atoms with Gasteiger partial charge in [-0.05, 0) is 43.3 Å². The summed E-state index contributed by atoms with van der Waals surface area (Å²) in [4.78, 5) is 17.3. The lowest BCUT2D eigenvalue weighted by molar-refractivity contribution is 0.157. The van der Waals surface area contributed by atoms with Crippen LogP contribution in [0.3, 0.4) is 0 Å². The van der Waals surface area contributed by atoms with E-state index in [1.807, 2.05) is 36.8 Å². The van der Waals surface area contributed by atoms with E-state index in [4.69, 9.17) is 9.47 Å². The highest BCUT2D eigenvalue weighted by Crippen LogP contribution is 2.45. The van der Waals surface area contributed by atoms with Crippen molar-refractivity contribution in [2.24, 2.45) is 11.3 Å². The molecule has 3 rings (SSSR count). The topological polar surface area (TPSA) is 54.0 Å². The average molecular weight is 420 g/mol. The maximum absolute atomic E-state index is 13.3. The van der Waals surface area contributed by atoms with Gasteiger partial charge >= 0.3 is 6.03 Å². The van der Waals surface area contributed by atoms with Crippen molar-refractivity contribution in [3.8, 4) is 0 Å². The van der Waals surface area contributed by atoms with Crippen LogP contribution in [0, 0.1) is 11.3 Å². The molecular weight excluding hydrogens is 378 g/mol. The van der Waals surface area contributed by atoms with Crippen LogP contribution in [0.15, 0.2) is 35.4 Å². The van der Waals surface area contributed by atoms with Gasteiger partial charge < -0.3 is 19.7 Å². The predicted octanol–water partition coefficient (Wildman–Crippen LogP) is 4.51. The molecule has 0 aromatic carbocycles. The van der Waals surface area contributed by atoms with Crippen molar-refractivity contribution < 1.29 is 14.3 Å². The van der Waals surface area contributed by atoms with Crippen LogP contribution in [-0.2, 0) is 9.47 Å². The van der Waals surface area contributed by atoms with Gasteiger partial charge in [0.05, 0.1) is 19.8 Å². The zero-order valence-electron chi connectivity index (χ0n) is 20.2. The third-order valence-electron chi connectivity index (χ3n) is 6.24. The van der Waals surface area contributed by atoms with E-state index in [1.54, 1.807) is 14.2 Å². The number of piperidine rings is 1. The van der Waals surface area contributed by atoms with E-state index in [9.17, 15) is 4.79 Å². The van der Waals surface area contributed by atoms with E-state index in [0.717, 1.165) is 49.6 Å². The Labute approximate surface area is 183 Å². The quantitative estimate of drug-likeness (QED) is 0.715. The van der Waals surface area contributed by atoms with E-state index in [-0.39, 0.29) is 22.9 Å². The van der Waals surface area contributed by atoms with Crippen molar-refractivity contribution in [3.63, 3.8) is 0 Å². The summed E-state index contributed by atoms with van der Waals surface area (Å²) in [5.74, 6) is 1.82. The highest BCUT2D eigenvalue weighted by Gasteiger charge is 2.52. The standard InChI is InChI=1S/C22H35N3O3.C2H6/c1-16-11-17(27-5)12-18(28-6)13-21(2,3)14-19-22(7-9-23-10-8-22)24(4)20(26)25(19)15-16;1-2/h11-12,14,16,23H,7-10,13,15H2,1-6H3;1-2H3/b17-11+,18-12+,19-14-;. The maximum atomic E-state index is 13.3.